The van der Waals surface area contributed by atoms with Gasteiger partial charge in [0.25, 0.3) is 0 Å². The quantitative estimate of drug-likeness (QED) is 0.431. The van der Waals surface area contributed by atoms with E-state index in [1.807, 2.05) is 12.1 Å². The maximum atomic E-state index is 13.0. The predicted octanol–water partition coefficient (Wildman–Crippen LogP) is 3.02. The number of methoxy groups -OCH3 is 2. The van der Waals surface area contributed by atoms with Gasteiger partial charge in [0.15, 0.2) is 5.16 Å². The molecule has 1 N–H and O–H groups in total. The number of aromatic nitrogens is 4. The number of benzene rings is 2. The summed E-state index contributed by atoms with van der Waals surface area (Å²) >= 11 is 1.21. The van der Waals surface area contributed by atoms with Crippen LogP contribution in [0.5, 0.6) is 11.5 Å². The molecule has 0 aliphatic carbocycles. The zero-order valence-electron chi connectivity index (χ0n) is 17.7. The predicted molar refractivity (Wildman–Crippen MR) is 122 cm³/mol. The second-order valence-electron chi connectivity index (χ2n) is 6.80. The summed E-state index contributed by atoms with van der Waals surface area (Å²) in [5, 5.41) is 11.0. The minimum Gasteiger partial charge on any atom is -0.497 e. The SMILES string of the molecule is COc1ccc(NC(=O)[C@@H](C)Sc2nnc3c(=O)n(-c4ccccc4OC)ccn23)cc1. The van der Waals surface area contributed by atoms with Gasteiger partial charge in [-0.25, -0.2) is 0 Å². The van der Waals surface area contributed by atoms with Crippen LogP contribution in [0.3, 0.4) is 0 Å². The summed E-state index contributed by atoms with van der Waals surface area (Å²) in [6.07, 6.45) is 3.32. The van der Waals surface area contributed by atoms with Crippen molar-refractivity contribution in [3.8, 4) is 17.2 Å². The van der Waals surface area contributed by atoms with Gasteiger partial charge in [-0.15, -0.1) is 10.2 Å². The van der Waals surface area contributed by atoms with Crippen molar-refractivity contribution in [2.45, 2.75) is 17.3 Å². The largest absolute Gasteiger partial charge is 0.497 e. The van der Waals surface area contributed by atoms with E-state index in [-0.39, 0.29) is 17.1 Å². The molecule has 10 heteroatoms. The van der Waals surface area contributed by atoms with E-state index in [0.717, 1.165) is 0 Å². The highest BCUT2D eigenvalue weighted by atomic mass is 32.2. The van der Waals surface area contributed by atoms with Crippen molar-refractivity contribution in [2.75, 3.05) is 19.5 Å². The number of hydrogen-bond acceptors (Lipinski definition) is 7. The van der Waals surface area contributed by atoms with E-state index < -0.39 is 5.25 Å². The Bertz CT molecular complexity index is 1320. The Balaban J connectivity index is 1.55. The Hall–Kier alpha value is -3.79. The zero-order chi connectivity index (χ0) is 22.7. The van der Waals surface area contributed by atoms with Gasteiger partial charge in [-0.2, -0.15) is 0 Å². The smallest absolute Gasteiger partial charge is 0.300 e. The fourth-order valence-electron chi connectivity index (χ4n) is 3.09. The highest BCUT2D eigenvalue weighted by Crippen LogP contribution is 2.24. The van der Waals surface area contributed by atoms with Crippen molar-refractivity contribution >= 4 is 29.0 Å². The third-order valence-electron chi connectivity index (χ3n) is 4.79. The van der Waals surface area contributed by atoms with Crippen LogP contribution < -0.4 is 20.3 Å². The van der Waals surface area contributed by atoms with Crippen LogP contribution in [0.4, 0.5) is 5.69 Å². The molecule has 0 aliphatic rings. The van der Waals surface area contributed by atoms with Gasteiger partial charge in [0.2, 0.25) is 11.6 Å². The summed E-state index contributed by atoms with van der Waals surface area (Å²) in [5.74, 6) is 1.08. The average Bonchev–Trinajstić information content (AvgIpc) is 3.23. The number of nitrogens with one attached hydrogen (secondary N) is 1. The molecule has 4 aromatic rings. The standard InChI is InChI=1S/C22H21N5O4S/c1-14(20(28)23-15-8-10-16(30-2)11-9-15)32-22-25-24-19-21(29)26(12-13-27(19)22)17-6-4-5-7-18(17)31-3/h4-14H,1-3H3,(H,23,28)/t14-/m1/s1. The first-order chi connectivity index (χ1) is 15.5. The van der Waals surface area contributed by atoms with Crippen LogP contribution in [-0.2, 0) is 4.79 Å². The molecule has 0 aliphatic heterocycles. The Kier molecular flexibility index (Phi) is 6.13. The molecule has 0 saturated heterocycles. The van der Waals surface area contributed by atoms with Gasteiger partial charge in [0, 0.05) is 18.1 Å². The molecular weight excluding hydrogens is 430 g/mol. The molecule has 0 radical (unpaired) electrons. The van der Waals surface area contributed by atoms with Gasteiger partial charge in [0.1, 0.15) is 11.5 Å². The second kappa shape index (κ2) is 9.15. The lowest BCUT2D eigenvalue weighted by atomic mass is 10.3. The Morgan fingerprint density at radius 1 is 1.03 bits per heavy atom. The lowest BCUT2D eigenvalue weighted by Crippen LogP contribution is -2.23. The van der Waals surface area contributed by atoms with Gasteiger partial charge in [-0.1, -0.05) is 23.9 Å². The number of amides is 1. The summed E-state index contributed by atoms with van der Waals surface area (Å²) in [6.45, 7) is 1.76. The van der Waals surface area contributed by atoms with Crippen molar-refractivity contribution < 1.29 is 14.3 Å². The fraction of sp³-hybridized carbons (Fsp3) is 0.182. The highest BCUT2D eigenvalue weighted by molar-refractivity contribution is 8.00. The van der Waals surface area contributed by atoms with Crippen LogP contribution in [0.15, 0.2) is 70.9 Å². The molecule has 0 fully saturated rings. The number of rotatable bonds is 7. The fourth-order valence-corrected chi connectivity index (χ4v) is 3.93. The minimum atomic E-state index is -0.471. The minimum absolute atomic E-state index is 0.156. The molecule has 1 atom stereocenters. The number of fused-ring (bicyclic) bond motifs is 1. The van der Waals surface area contributed by atoms with Crippen molar-refractivity contribution in [3.63, 3.8) is 0 Å². The number of anilines is 1. The van der Waals surface area contributed by atoms with Crippen molar-refractivity contribution in [1.29, 1.82) is 0 Å². The summed E-state index contributed by atoms with van der Waals surface area (Å²) in [6, 6.07) is 14.3. The molecule has 0 bridgehead atoms. The van der Waals surface area contributed by atoms with E-state index >= 15 is 0 Å². The molecule has 32 heavy (non-hydrogen) atoms. The lowest BCUT2D eigenvalue weighted by Gasteiger charge is -2.12. The van der Waals surface area contributed by atoms with Gasteiger partial charge in [-0.3, -0.25) is 18.6 Å². The summed E-state index contributed by atoms with van der Waals surface area (Å²) in [7, 11) is 3.13. The van der Waals surface area contributed by atoms with Gasteiger partial charge >= 0.3 is 5.56 Å². The van der Waals surface area contributed by atoms with E-state index in [1.54, 1.807) is 74.3 Å². The van der Waals surface area contributed by atoms with Gasteiger partial charge in [0.05, 0.1) is 25.2 Å². The normalized spacial score (nSPS) is 11.8. The molecule has 1 amide bonds. The molecular formula is C22H21N5O4S. The number of carbonyl (C=O) groups excluding carboxylic acids is 1. The lowest BCUT2D eigenvalue weighted by molar-refractivity contribution is -0.115. The monoisotopic (exact) mass is 451 g/mol. The van der Waals surface area contributed by atoms with Crippen LogP contribution in [0.1, 0.15) is 6.92 Å². The third-order valence-corrected chi connectivity index (χ3v) is 5.85. The zero-order valence-corrected chi connectivity index (χ0v) is 18.5. The van der Waals surface area contributed by atoms with Crippen molar-refractivity contribution in [3.05, 3.63) is 71.3 Å². The van der Waals surface area contributed by atoms with Crippen LogP contribution in [0.25, 0.3) is 11.3 Å². The van der Waals surface area contributed by atoms with E-state index in [4.69, 9.17) is 9.47 Å². The van der Waals surface area contributed by atoms with E-state index in [9.17, 15) is 9.59 Å². The van der Waals surface area contributed by atoms with Gasteiger partial charge in [-0.05, 0) is 43.3 Å². The number of thioether (sulfide) groups is 1. The molecule has 0 unspecified atom stereocenters. The Morgan fingerprint density at radius 3 is 2.50 bits per heavy atom. The first-order valence-electron chi connectivity index (χ1n) is 9.73. The van der Waals surface area contributed by atoms with Gasteiger partial charge < -0.3 is 14.8 Å². The first-order valence-corrected chi connectivity index (χ1v) is 10.6. The van der Waals surface area contributed by atoms with Crippen molar-refractivity contribution in [2.24, 2.45) is 0 Å². The topological polar surface area (TPSA) is 99.8 Å². The Labute approximate surface area is 188 Å². The molecule has 164 valence electrons. The molecule has 0 saturated carbocycles. The number of nitrogens with zero attached hydrogens (tertiary/aromatic N) is 4. The molecule has 0 spiro atoms. The number of para-hydroxylation sites is 2. The maximum absolute atomic E-state index is 13.0. The molecule has 4 rings (SSSR count). The second-order valence-corrected chi connectivity index (χ2v) is 8.11. The maximum Gasteiger partial charge on any atom is 0.300 e. The number of carbonyl (C=O) groups is 1. The summed E-state index contributed by atoms with van der Waals surface area (Å²) < 4.78 is 13.5. The molecule has 2 aromatic heterocycles. The summed E-state index contributed by atoms with van der Waals surface area (Å²) in [4.78, 5) is 25.6. The van der Waals surface area contributed by atoms with Crippen molar-refractivity contribution in [1.82, 2.24) is 19.2 Å². The van der Waals surface area contributed by atoms with E-state index in [1.165, 1.54) is 16.3 Å². The Morgan fingerprint density at radius 2 is 1.78 bits per heavy atom. The van der Waals surface area contributed by atoms with Crippen LogP contribution in [0.2, 0.25) is 0 Å². The molecule has 2 heterocycles. The number of hydrogen-bond donors (Lipinski definition) is 1. The van der Waals surface area contributed by atoms with Crippen LogP contribution >= 0.6 is 11.8 Å². The van der Waals surface area contributed by atoms with E-state index in [2.05, 4.69) is 15.5 Å². The highest BCUT2D eigenvalue weighted by Gasteiger charge is 2.20. The van der Waals surface area contributed by atoms with Crippen LogP contribution in [-0.4, -0.2) is 44.5 Å². The first kappa shape index (κ1) is 21.4. The third kappa shape index (κ3) is 4.17. The summed E-state index contributed by atoms with van der Waals surface area (Å²) in [5.41, 5.74) is 1.08. The van der Waals surface area contributed by atoms with E-state index in [0.29, 0.717) is 28.0 Å². The average molecular weight is 452 g/mol. The molecule has 2 aromatic carbocycles. The van der Waals surface area contributed by atoms with Crippen LogP contribution in [0, 0.1) is 0 Å². The molecule has 9 nitrogen and oxygen atoms in total. The number of ether oxygens (including phenoxy) is 2.